The van der Waals surface area contributed by atoms with Gasteiger partial charge in [-0.05, 0) is 38.0 Å². The van der Waals surface area contributed by atoms with Crippen molar-refractivity contribution in [3.63, 3.8) is 0 Å². The van der Waals surface area contributed by atoms with Gasteiger partial charge >= 0.3 is 0 Å². The van der Waals surface area contributed by atoms with Gasteiger partial charge in [0.2, 0.25) is 5.95 Å². The molecule has 1 aliphatic heterocycles. The highest BCUT2D eigenvalue weighted by atomic mass is 32.1. The summed E-state index contributed by atoms with van der Waals surface area (Å²) in [4.78, 5) is 16.0. The maximum absolute atomic E-state index is 4.79. The lowest BCUT2D eigenvalue weighted by Gasteiger charge is -2.32. The van der Waals surface area contributed by atoms with Crippen LogP contribution in [-0.4, -0.2) is 40.6 Å². The summed E-state index contributed by atoms with van der Waals surface area (Å²) in [7, 11) is 0. The summed E-state index contributed by atoms with van der Waals surface area (Å²) in [5.74, 6) is 1.55. The van der Waals surface area contributed by atoms with E-state index in [0.717, 1.165) is 48.9 Å². The Hall–Kier alpha value is -2.41. The fourth-order valence-electron chi connectivity index (χ4n) is 3.15. The summed E-state index contributed by atoms with van der Waals surface area (Å²) in [6, 6.07) is 10.5. The second-order valence-electron chi connectivity index (χ2n) is 6.19. The minimum Gasteiger partial charge on any atom is -0.370 e. The van der Waals surface area contributed by atoms with E-state index in [1.807, 2.05) is 12.1 Å². The number of fused-ring (bicyclic) bond motifs is 1. The molecule has 2 N–H and O–H groups in total. The van der Waals surface area contributed by atoms with Crippen molar-refractivity contribution in [2.45, 2.75) is 25.8 Å². The second-order valence-corrected chi connectivity index (χ2v) is 7.20. The summed E-state index contributed by atoms with van der Waals surface area (Å²) in [5, 5.41) is 7.82. The molecule has 3 heterocycles. The lowest BCUT2D eigenvalue weighted by atomic mass is 10.1. The van der Waals surface area contributed by atoms with Gasteiger partial charge in [0.15, 0.2) is 5.13 Å². The minimum absolute atomic E-state index is 0.331. The number of thiazole rings is 1. The SMILES string of the molecule is CCNc1ccnc(N[C@@H]2CCCN(c3nc4ccccc4s3)C2)n1. The number of hydrogen-bond acceptors (Lipinski definition) is 7. The Morgan fingerprint density at radius 1 is 1.24 bits per heavy atom. The molecule has 0 spiro atoms. The molecule has 1 aliphatic rings. The first-order valence-corrected chi connectivity index (χ1v) is 9.57. The zero-order valence-corrected chi connectivity index (χ0v) is 15.1. The highest BCUT2D eigenvalue weighted by Gasteiger charge is 2.23. The van der Waals surface area contributed by atoms with Crippen molar-refractivity contribution >= 4 is 38.5 Å². The third kappa shape index (κ3) is 3.66. The number of para-hydroxylation sites is 1. The number of hydrogen-bond donors (Lipinski definition) is 2. The first kappa shape index (κ1) is 16.1. The largest absolute Gasteiger partial charge is 0.370 e. The van der Waals surface area contributed by atoms with Crippen molar-refractivity contribution in [1.82, 2.24) is 15.0 Å². The van der Waals surface area contributed by atoms with Gasteiger partial charge in [-0.25, -0.2) is 9.97 Å². The average molecular weight is 354 g/mol. The average Bonchev–Trinajstić information content (AvgIpc) is 3.07. The lowest BCUT2D eigenvalue weighted by molar-refractivity contribution is 0.527. The van der Waals surface area contributed by atoms with Crippen LogP contribution in [0.5, 0.6) is 0 Å². The maximum Gasteiger partial charge on any atom is 0.224 e. The normalized spacial score (nSPS) is 17.6. The zero-order chi connectivity index (χ0) is 17.1. The second kappa shape index (κ2) is 7.23. The minimum atomic E-state index is 0.331. The Kier molecular flexibility index (Phi) is 4.65. The van der Waals surface area contributed by atoms with Crippen molar-refractivity contribution < 1.29 is 0 Å². The van der Waals surface area contributed by atoms with Crippen molar-refractivity contribution in [3.8, 4) is 0 Å². The van der Waals surface area contributed by atoms with E-state index in [4.69, 9.17) is 4.98 Å². The molecule has 1 atom stereocenters. The summed E-state index contributed by atoms with van der Waals surface area (Å²) in [5.41, 5.74) is 1.08. The van der Waals surface area contributed by atoms with Crippen LogP contribution in [0.15, 0.2) is 36.5 Å². The Labute approximate surface area is 151 Å². The van der Waals surface area contributed by atoms with Gasteiger partial charge in [0.25, 0.3) is 0 Å². The monoisotopic (exact) mass is 354 g/mol. The van der Waals surface area contributed by atoms with Gasteiger partial charge in [0.05, 0.1) is 10.2 Å². The van der Waals surface area contributed by atoms with E-state index in [0.29, 0.717) is 12.0 Å². The molecule has 0 amide bonds. The number of nitrogens with one attached hydrogen (secondary N) is 2. The Morgan fingerprint density at radius 2 is 2.16 bits per heavy atom. The Balaban J connectivity index is 1.46. The molecule has 1 saturated heterocycles. The predicted molar refractivity (Wildman–Crippen MR) is 105 cm³/mol. The van der Waals surface area contributed by atoms with E-state index >= 15 is 0 Å². The van der Waals surface area contributed by atoms with Crippen LogP contribution < -0.4 is 15.5 Å². The van der Waals surface area contributed by atoms with Crippen LogP contribution in [0.25, 0.3) is 10.2 Å². The highest BCUT2D eigenvalue weighted by molar-refractivity contribution is 7.22. The quantitative estimate of drug-likeness (QED) is 0.730. The molecule has 1 aromatic carbocycles. The summed E-state index contributed by atoms with van der Waals surface area (Å²) in [6.45, 7) is 4.89. The number of piperidine rings is 1. The van der Waals surface area contributed by atoms with Crippen LogP contribution in [-0.2, 0) is 0 Å². The standard InChI is InChI=1S/C18H22N6S/c1-2-19-16-9-10-20-17(23-16)21-13-6-5-11-24(12-13)18-22-14-7-3-4-8-15(14)25-18/h3-4,7-10,13H,2,5-6,11-12H2,1H3,(H2,19,20,21,23)/t13-/m1/s1. The summed E-state index contributed by atoms with van der Waals surface area (Å²) >= 11 is 1.77. The zero-order valence-electron chi connectivity index (χ0n) is 14.3. The van der Waals surface area contributed by atoms with Gasteiger partial charge < -0.3 is 15.5 Å². The van der Waals surface area contributed by atoms with Crippen LogP contribution >= 0.6 is 11.3 Å². The number of benzene rings is 1. The van der Waals surface area contributed by atoms with Gasteiger partial charge in [0.1, 0.15) is 5.82 Å². The number of rotatable bonds is 5. The lowest BCUT2D eigenvalue weighted by Crippen LogP contribution is -2.42. The van der Waals surface area contributed by atoms with Crippen molar-refractivity contribution in [1.29, 1.82) is 0 Å². The van der Waals surface area contributed by atoms with E-state index in [1.165, 1.54) is 4.70 Å². The fraction of sp³-hybridized carbons (Fsp3) is 0.389. The molecule has 4 rings (SSSR count). The van der Waals surface area contributed by atoms with E-state index in [2.05, 4.69) is 50.6 Å². The molecular formula is C18H22N6S. The Bertz CT molecular complexity index is 815. The molecule has 0 bridgehead atoms. The van der Waals surface area contributed by atoms with Crippen LogP contribution in [0.1, 0.15) is 19.8 Å². The van der Waals surface area contributed by atoms with E-state index in [9.17, 15) is 0 Å². The molecule has 6 nitrogen and oxygen atoms in total. The predicted octanol–water partition coefficient (Wildman–Crippen LogP) is 3.60. The summed E-state index contributed by atoms with van der Waals surface area (Å²) in [6.07, 6.45) is 4.05. The van der Waals surface area contributed by atoms with Crippen LogP contribution in [0.4, 0.5) is 16.9 Å². The molecule has 0 radical (unpaired) electrons. The maximum atomic E-state index is 4.79. The van der Waals surface area contributed by atoms with E-state index in [-0.39, 0.29) is 0 Å². The van der Waals surface area contributed by atoms with Gasteiger partial charge in [-0.3, -0.25) is 0 Å². The first-order valence-electron chi connectivity index (χ1n) is 8.76. The van der Waals surface area contributed by atoms with Crippen LogP contribution in [0.2, 0.25) is 0 Å². The smallest absolute Gasteiger partial charge is 0.224 e. The molecule has 0 aliphatic carbocycles. The summed E-state index contributed by atoms with van der Waals surface area (Å²) < 4.78 is 1.24. The van der Waals surface area contributed by atoms with Crippen LogP contribution in [0, 0.1) is 0 Å². The molecule has 130 valence electrons. The molecular weight excluding hydrogens is 332 g/mol. The first-order chi connectivity index (χ1) is 12.3. The molecule has 3 aromatic rings. The molecule has 2 aromatic heterocycles. The van der Waals surface area contributed by atoms with E-state index < -0.39 is 0 Å². The van der Waals surface area contributed by atoms with Crippen molar-refractivity contribution in [2.75, 3.05) is 35.2 Å². The highest BCUT2D eigenvalue weighted by Crippen LogP contribution is 2.30. The molecule has 0 unspecified atom stereocenters. The van der Waals surface area contributed by atoms with Gasteiger partial charge in [-0.2, -0.15) is 4.98 Å². The molecule has 7 heteroatoms. The number of aromatic nitrogens is 3. The van der Waals surface area contributed by atoms with Crippen molar-refractivity contribution in [3.05, 3.63) is 36.5 Å². The van der Waals surface area contributed by atoms with Gasteiger partial charge in [-0.15, -0.1) is 0 Å². The fourth-order valence-corrected chi connectivity index (χ4v) is 4.15. The van der Waals surface area contributed by atoms with Crippen molar-refractivity contribution in [2.24, 2.45) is 0 Å². The third-order valence-electron chi connectivity index (χ3n) is 4.32. The third-order valence-corrected chi connectivity index (χ3v) is 5.42. The number of anilines is 3. The molecule has 1 fully saturated rings. The molecule has 0 saturated carbocycles. The van der Waals surface area contributed by atoms with Crippen LogP contribution in [0.3, 0.4) is 0 Å². The van der Waals surface area contributed by atoms with E-state index in [1.54, 1.807) is 17.5 Å². The van der Waals surface area contributed by atoms with Gasteiger partial charge in [-0.1, -0.05) is 23.5 Å². The van der Waals surface area contributed by atoms with Gasteiger partial charge in [0, 0.05) is 31.9 Å². The topological polar surface area (TPSA) is 66.0 Å². The molecule has 25 heavy (non-hydrogen) atoms. The number of nitrogens with zero attached hydrogens (tertiary/aromatic N) is 4. The Morgan fingerprint density at radius 3 is 3.04 bits per heavy atom.